The molecule has 274 valence electrons. The molecular formula is C38H44O13. The highest BCUT2D eigenvalue weighted by Gasteiger charge is 2.22. The molecule has 13 heteroatoms. The molecule has 0 saturated heterocycles. The molecule has 1 heterocycles. The Morgan fingerprint density at radius 1 is 0.529 bits per heavy atom. The molecule has 0 radical (unpaired) electrons. The number of ether oxygens (including phenoxy) is 11. The van der Waals surface area contributed by atoms with Crippen LogP contribution in [0.25, 0.3) is 12.2 Å². The van der Waals surface area contributed by atoms with Crippen LogP contribution in [-0.2, 0) is 33.3 Å². The second-order valence-corrected chi connectivity index (χ2v) is 10.6. The Morgan fingerprint density at radius 3 is 1.27 bits per heavy atom. The maximum absolute atomic E-state index is 13.0. The van der Waals surface area contributed by atoms with E-state index in [0.29, 0.717) is 64.4 Å². The first kappa shape index (κ1) is 38.9. The van der Waals surface area contributed by atoms with Gasteiger partial charge in [-0.25, -0.2) is 9.59 Å². The maximum Gasteiger partial charge on any atom is 0.336 e. The van der Waals surface area contributed by atoms with Gasteiger partial charge in [0.25, 0.3) is 0 Å². The quantitative estimate of drug-likeness (QED) is 0.0984. The lowest BCUT2D eigenvalue weighted by Crippen LogP contribution is -2.14. The van der Waals surface area contributed by atoms with E-state index >= 15 is 0 Å². The topological polar surface area (TPSA) is 136 Å². The number of benzene rings is 3. The van der Waals surface area contributed by atoms with Crippen LogP contribution < -0.4 is 28.4 Å². The van der Waals surface area contributed by atoms with Crippen LogP contribution in [0.4, 0.5) is 0 Å². The van der Waals surface area contributed by atoms with E-state index < -0.39 is 11.9 Å². The Kier molecular flexibility index (Phi) is 17.3. The zero-order valence-electron chi connectivity index (χ0n) is 28.9. The standard InChI is InChI=1S/C38H44O13/c1-41-17-25-46-31-9-3-29(4-10-31)7-15-35(39)50-33-13-14-34(38-37(33)48-27-23-44-21-19-43-20-22-45-24-28-49-38)51-36(40)16-8-30-5-11-32(12-6-30)47-26-18-42-2/h3-16H,17-28H2,1-2H3/b15-7+,16-8+. The largest absolute Gasteiger partial charge is 0.491 e. The average molecular weight is 709 g/mol. The van der Waals surface area contributed by atoms with E-state index in [1.165, 1.54) is 24.3 Å². The van der Waals surface area contributed by atoms with Crippen LogP contribution in [-0.4, -0.2) is 105 Å². The number of methoxy groups -OCH3 is 2. The van der Waals surface area contributed by atoms with Crippen LogP contribution in [0.5, 0.6) is 34.5 Å². The fourth-order valence-electron chi connectivity index (χ4n) is 4.36. The normalized spacial score (nSPS) is 14.4. The van der Waals surface area contributed by atoms with Gasteiger partial charge in [0.05, 0.1) is 52.9 Å². The number of carbonyl (C=O) groups is 2. The van der Waals surface area contributed by atoms with Gasteiger partial charge in [-0.05, 0) is 59.7 Å². The van der Waals surface area contributed by atoms with Gasteiger partial charge in [-0.15, -0.1) is 0 Å². The van der Waals surface area contributed by atoms with Crippen LogP contribution in [0.15, 0.2) is 72.8 Å². The Balaban J connectivity index is 1.50. The molecule has 1 aliphatic heterocycles. The maximum atomic E-state index is 13.0. The average Bonchev–Trinajstić information content (AvgIpc) is 3.15. The van der Waals surface area contributed by atoms with Gasteiger partial charge < -0.3 is 52.1 Å². The second kappa shape index (κ2) is 22.7. The molecule has 0 aromatic heterocycles. The van der Waals surface area contributed by atoms with Crippen LogP contribution in [0.1, 0.15) is 11.1 Å². The lowest BCUT2D eigenvalue weighted by Gasteiger charge is -2.18. The SMILES string of the molecule is COCCOc1ccc(/C=C/C(=O)Oc2ccc(OC(=O)/C=C/c3ccc(OCCOC)cc3)c3c2OCCOCCOCCOCCO3)cc1. The minimum absolute atomic E-state index is 0.0539. The molecular weight excluding hydrogens is 664 g/mol. The minimum atomic E-state index is -0.670. The number of hydrogen-bond acceptors (Lipinski definition) is 13. The van der Waals surface area contributed by atoms with Crippen LogP contribution >= 0.6 is 0 Å². The highest BCUT2D eigenvalue weighted by molar-refractivity contribution is 5.90. The van der Waals surface area contributed by atoms with Crippen molar-refractivity contribution in [3.8, 4) is 34.5 Å². The Morgan fingerprint density at radius 2 is 0.902 bits per heavy atom. The zero-order chi connectivity index (χ0) is 35.9. The molecule has 0 saturated carbocycles. The first-order valence-electron chi connectivity index (χ1n) is 16.4. The van der Waals surface area contributed by atoms with Crippen molar-refractivity contribution >= 4 is 24.1 Å². The van der Waals surface area contributed by atoms with Gasteiger partial charge in [0.15, 0.2) is 11.5 Å². The van der Waals surface area contributed by atoms with E-state index in [2.05, 4.69) is 0 Å². The molecule has 0 spiro atoms. The van der Waals surface area contributed by atoms with Gasteiger partial charge in [0.2, 0.25) is 11.5 Å². The summed E-state index contributed by atoms with van der Waals surface area (Å²) in [7, 11) is 3.21. The summed E-state index contributed by atoms with van der Waals surface area (Å²) in [6.45, 7) is 3.89. The van der Waals surface area contributed by atoms with Gasteiger partial charge in [-0.2, -0.15) is 0 Å². The van der Waals surface area contributed by atoms with E-state index in [4.69, 9.17) is 52.1 Å². The molecule has 13 nitrogen and oxygen atoms in total. The van der Waals surface area contributed by atoms with Gasteiger partial charge in [0.1, 0.15) is 37.9 Å². The van der Waals surface area contributed by atoms with Gasteiger partial charge in [-0.1, -0.05) is 24.3 Å². The summed E-state index contributed by atoms with van der Waals surface area (Å²) in [6, 6.07) is 17.3. The predicted octanol–water partition coefficient (Wildman–Crippen LogP) is 4.80. The molecule has 4 rings (SSSR count). The molecule has 0 atom stereocenters. The van der Waals surface area contributed by atoms with Gasteiger partial charge in [0, 0.05) is 26.4 Å². The van der Waals surface area contributed by atoms with Crippen LogP contribution in [0.3, 0.4) is 0 Å². The van der Waals surface area contributed by atoms with Crippen LogP contribution in [0.2, 0.25) is 0 Å². The Hall–Kier alpha value is -4.92. The van der Waals surface area contributed by atoms with Crippen LogP contribution in [0, 0.1) is 0 Å². The van der Waals surface area contributed by atoms with Crippen molar-refractivity contribution in [3.63, 3.8) is 0 Å². The number of fused-ring (bicyclic) bond motifs is 1. The van der Waals surface area contributed by atoms with Gasteiger partial charge >= 0.3 is 11.9 Å². The lowest BCUT2D eigenvalue weighted by atomic mass is 10.2. The summed E-state index contributed by atoms with van der Waals surface area (Å²) in [5.41, 5.74) is 1.51. The summed E-state index contributed by atoms with van der Waals surface area (Å²) in [5, 5.41) is 0. The fraction of sp³-hybridized carbons (Fsp3) is 0.368. The summed E-state index contributed by atoms with van der Waals surface area (Å²) in [5.74, 6) is 0.243. The van der Waals surface area contributed by atoms with Gasteiger partial charge in [-0.3, -0.25) is 0 Å². The van der Waals surface area contributed by atoms with E-state index in [1.54, 1.807) is 50.6 Å². The lowest BCUT2D eigenvalue weighted by molar-refractivity contribution is -0.130. The molecule has 3 aromatic rings. The van der Waals surface area contributed by atoms with E-state index in [0.717, 1.165) is 11.1 Å². The molecule has 0 aliphatic carbocycles. The van der Waals surface area contributed by atoms with Crippen molar-refractivity contribution in [3.05, 3.63) is 83.9 Å². The predicted molar refractivity (Wildman–Crippen MR) is 187 cm³/mol. The van der Waals surface area contributed by atoms with Crippen molar-refractivity contribution < 1.29 is 61.7 Å². The molecule has 0 fully saturated rings. The zero-order valence-corrected chi connectivity index (χ0v) is 28.9. The fourth-order valence-corrected chi connectivity index (χ4v) is 4.36. The molecule has 51 heavy (non-hydrogen) atoms. The van der Waals surface area contributed by atoms with Crippen molar-refractivity contribution in [2.75, 3.05) is 93.5 Å². The summed E-state index contributed by atoms with van der Waals surface area (Å²) in [4.78, 5) is 25.9. The molecule has 0 unspecified atom stereocenters. The van der Waals surface area contributed by atoms with E-state index in [-0.39, 0.29) is 49.4 Å². The molecule has 3 aromatic carbocycles. The second-order valence-electron chi connectivity index (χ2n) is 10.6. The summed E-state index contributed by atoms with van der Waals surface area (Å²) >= 11 is 0. The third-order valence-electron chi connectivity index (χ3n) is 6.85. The summed E-state index contributed by atoms with van der Waals surface area (Å²) < 4.78 is 61.2. The molecule has 0 bridgehead atoms. The third kappa shape index (κ3) is 14.5. The molecule has 0 amide bonds. The third-order valence-corrected chi connectivity index (χ3v) is 6.85. The molecule has 0 N–H and O–H groups in total. The number of hydrogen-bond donors (Lipinski definition) is 0. The molecule has 1 aliphatic rings. The van der Waals surface area contributed by atoms with Crippen molar-refractivity contribution in [1.82, 2.24) is 0 Å². The van der Waals surface area contributed by atoms with E-state index in [9.17, 15) is 9.59 Å². The number of carbonyl (C=O) groups excluding carboxylic acids is 2. The summed E-state index contributed by atoms with van der Waals surface area (Å²) in [6.07, 6.45) is 5.79. The smallest absolute Gasteiger partial charge is 0.336 e. The number of rotatable bonds is 14. The number of esters is 2. The highest BCUT2D eigenvalue weighted by atomic mass is 16.6. The monoisotopic (exact) mass is 708 g/mol. The van der Waals surface area contributed by atoms with Crippen molar-refractivity contribution in [2.24, 2.45) is 0 Å². The van der Waals surface area contributed by atoms with Crippen molar-refractivity contribution in [2.45, 2.75) is 0 Å². The van der Waals surface area contributed by atoms with Crippen molar-refractivity contribution in [1.29, 1.82) is 0 Å². The first-order valence-corrected chi connectivity index (χ1v) is 16.4. The Labute approximate surface area is 297 Å². The highest BCUT2D eigenvalue weighted by Crippen LogP contribution is 2.45. The Bertz CT molecular complexity index is 1420. The first-order chi connectivity index (χ1) is 25.1. The minimum Gasteiger partial charge on any atom is -0.491 e. The van der Waals surface area contributed by atoms with E-state index in [1.807, 2.05) is 24.3 Å².